The topological polar surface area (TPSA) is 20.3 Å². The maximum absolute atomic E-state index is 13.0. The number of benzene rings is 2. The minimum absolute atomic E-state index is 0.0702. The van der Waals surface area contributed by atoms with Crippen LogP contribution in [0.4, 0.5) is 4.39 Å². The maximum atomic E-state index is 13.0. The lowest BCUT2D eigenvalue weighted by Crippen LogP contribution is -2.40. The van der Waals surface area contributed by atoms with Crippen LogP contribution in [0, 0.1) is 5.82 Å². The van der Waals surface area contributed by atoms with Gasteiger partial charge in [-0.1, -0.05) is 23.7 Å². The molecule has 126 valence electrons. The van der Waals surface area contributed by atoms with Gasteiger partial charge in [0.25, 0.3) is 5.91 Å². The number of hydrogen-bond acceptors (Lipinski definition) is 1. The highest BCUT2D eigenvalue weighted by atomic mass is 35.5. The highest BCUT2D eigenvalue weighted by Gasteiger charge is 2.34. The molecule has 0 spiro atoms. The molecule has 2 aromatic rings. The smallest absolute Gasteiger partial charge is 0.254 e. The van der Waals surface area contributed by atoms with Crippen molar-refractivity contribution >= 4 is 17.5 Å². The van der Waals surface area contributed by atoms with Crippen molar-refractivity contribution in [3.05, 3.63) is 70.5 Å². The number of likely N-dealkylation sites (tertiary alicyclic amines) is 1. The first-order valence-electron chi connectivity index (χ1n) is 8.37. The van der Waals surface area contributed by atoms with Gasteiger partial charge in [-0.15, -0.1) is 0 Å². The molecule has 4 heteroatoms. The molecule has 1 heterocycles. The van der Waals surface area contributed by atoms with Crippen LogP contribution in [0.25, 0.3) is 0 Å². The Morgan fingerprint density at radius 2 is 1.79 bits per heavy atom. The van der Waals surface area contributed by atoms with E-state index in [1.54, 1.807) is 24.3 Å². The zero-order valence-corrected chi connectivity index (χ0v) is 14.5. The van der Waals surface area contributed by atoms with Crippen LogP contribution in [-0.2, 0) is 6.42 Å². The molecule has 2 nitrogen and oxygen atoms in total. The van der Waals surface area contributed by atoms with Gasteiger partial charge >= 0.3 is 0 Å². The lowest BCUT2D eigenvalue weighted by molar-refractivity contribution is 0.0673. The summed E-state index contributed by atoms with van der Waals surface area (Å²) >= 11 is 5.91. The molecule has 3 rings (SSSR count). The minimum atomic E-state index is -0.215. The zero-order valence-electron chi connectivity index (χ0n) is 13.7. The van der Waals surface area contributed by atoms with Crippen molar-refractivity contribution in [3.63, 3.8) is 0 Å². The molecule has 1 saturated heterocycles. The lowest BCUT2D eigenvalue weighted by atomic mass is 10.0. The molecule has 2 atom stereocenters. The highest BCUT2D eigenvalue weighted by Crippen LogP contribution is 2.29. The van der Waals surface area contributed by atoms with E-state index in [0.29, 0.717) is 10.6 Å². The van der Waals surface area contributed by atoms with Crippen LogP contribution in [0.15, 0.2) is 48.5 Å². The molecular weight excluding hydrogens is 325 g/mol. The Kier molecular flexibility index (Phi) is 5.20. The Hall–Kier alpha value is -1.87. The summed E-state index contributed by atoms with van der Waals surface area (Å²) in [6.07, 6.45) is 3.78. The molecule has 0 N–H and O–H groups in total. The second kappa shape index (κ2) is 7.35. The second-order valence-electron chi connectivity index (χ2n) is 6.46. The van der Waals surface area contributed by atoms with Crippen molar-refractivity contribution in [2.24, 2.45) is 0 Å². The van der Waals surface area contributed by atoms with Gasteiger partial charge in [0.15, 0.2) is 0 Å². The summed E-state index contributed by atoms with van der Waals surface area (Å²) in [7, 11) is 0. The summed E-state index contributed by atoms with van der Waals surface area (Å²) in [4.78, 5) is 14.9. The van der Waals surface area contributed by atoms with Gasteiger partial charge in [-0.2, -0.15) is 0 Å². The fourth-order valence-electron chi connectivity index (χ4n) is 3.45. The number of carbonyl (C=O) groups is 1. The Labute approximate surface area is 147 Å². The van der Waals surface area contributed by atoms with Crippen LogP contribution in [0.3, 0.4) is 0 Å². The molecule has 1 aliphatic rings. The average molecular weight is 346 g/mol. The number of carbonyl (C=O) groups excluding carboxylic acids is 1. The molecule has 2 aromatic carbocycles. The van der Waals surface area contributed by atoms with Crippen LogP contribution in [0.1, 0.15) is 42.1 Å². The molecule has 1 aliphatic heterocycles. The molecule has 0 bridgehead atoms. The zero-order chi connectivity index (χ0) is 17.1. The molecular formula is C20H21ClFNO. The molecule has 24 heavy (non-hydrogen) atoms. The minimum Gasteiger partial charge on any atom is -0.333 e. The fourth-order valence-corrected chi connectivity index (χ4v) is 3.57. The van der Waals surface area contributed by atoms with Gasteiger partial charge in [0.1, 0.15) is 5.82 Å². The summed E-state index contributed by atoms with van der Waals surface area (Å²) in [6, 6.07) is 14.2. The molecule has 0 radical (unpaired) electrons. The number of amides is 1. The first-order chi connectivity index (χ1) is 11.5. The quantitative estimate of drug-likeness (QED) is 0.754. The standard InChI is InChI=1S/C20H21ClFNO/c1-14-2-12-19(13-5-15-3-10-18(22)11-4-15)23(14)20(24)16-6-8-17(21)9-7-16/h3-4,6-11,14,19H,2,5,12-13H2,1H3/t14-,19-/m1/s1. The predicted molar refractivity (Wildman–Crippen MR) is 94.8 cm³/mol. The summed E-state index contributed by atoms with van der Waals surface area (Å²) in [5.41, 5.74) is 1.79. The predicted octanol–water partition coefficient (Wildman–Crippen LogP) is 5.11. The van der Waals surface area contributed by atoms with E-state index in [1.165, 1.54) is 12.1 Å². The Bertz CT molecular complexity index is 699. The molecule has 1 amide bonds. The molecule has 0 aromatic heterocycles. The monoisotopic (exact) mass is 345 g/mol. The Morgan fingerprint density at radius 3 is 2.46 bits per heavy atom. The van der Waals surface area contributed by atoms with Crippen molar-refractivity contribution in [1.29, 1.82) is 0 Å². The Balaban J connectivity index is 1.69. The van der Waals surface area contributed by atoms with E-state index in [0.717, 1.165) is 31.2 Å². The molecule has 0 unspecified atom stereocenters. The number of nitrogens with zero attached hydrogens (tertiary/aromatic N) is 1. The van der Waals surface area contributed by atoms with Crippen LogP contribution in [0.5, 0.6) is 0 Å². The third-order valence-corrected chi connectivity index (χ3v) is 5.04. The first-order valence-corrected chi connectivity index (χ1v) is 8.75. The summed E-state index contributed by atoms with van der Waals surface area (Å²) in [5, 5.41) is 0.633. The van der Waals surface area contributed by atoms with E-state index in [9.17, 15) is 9.18 Å². The van der Waals surface area contributed by atoms with Crippen molar-refractivity contribution < 1.29 is 9.18 Å². The molecule has 1 fully saturated rings. The normalized spacial score (nSPS) is 20.4. The van der Waals surface area contributed by atoms with Crippen molar-refractivity contribution in [1.82, 2.24) is 4.90 Å². The van der Waals surface area contributed by atoms with Gasteiger partial charge in [0.2, 0.25) is 0 Å². The molecule has 0 aliphatic carbocycles. The van der Waals surface area contributed by atoms with Crippen molar-refractivity contribution in [2.75, 3.05) is 0 Å². The number of halogens is 2. The van der Waals surface area contributed by atoms with Crippen LogP contribution >= 0.6 is 11.6 Å². The fraction of sp³-hybridized carbons (Fsp3) is 0.350. The third-order valence-electron chi connectivity index (χ3n) is 4.79. The van der Waals surface area contributed by atoms with Gasteiger partial charge in [-0.25, -0.2) is 4.39 Å². The average Bonchev–Trinajstić information content (AvgIpc) is 2.95. The summed E-state index contributed by atoms with van der Waals surface area (Å²) in [5.74, 6) is -0.145. The van der Waals surface area contributed by atoms with E-state index in [1.807, 2.05) is 17.0 Å². The van der Waals surface area contributed by atoms with Crippen molar-refractivity contribution in [3.8, 4) is 0 Å². The number of aryl methyl sites for hydroxylation is 1. The highest BCUT2D eigenvalue weighted by molar-refractivity contribution is 6.30. The lowest BCUT2D eigenvalue weighted by Gasteiger charge is -2.29. The summed E-state index contributed by atoms with van der Waals surface area (Å²) in [6.45, 7) is 2.10. The van der Waals surface area contributed by atoms with E-state index in [-0.39, 0.29) is 23.8 Å². The van der Waals surface area contributed by atoms with Crippen LogP contribution in [-0.4, -0.2) is 22.9 Å². The first kappa shape index (κ1) is 17.0. The van der Waals surface area contributed by atoms with Gasteiger partial charge in [-0.3, -0.25) is 4.79 Å². The summed E-state index contributed by atoms with van der Waals surface area (Å²) < 4.78 is 13.0. The van der Waals surface area contributed by atoms with Crippen LogP contribution < -0.4 is 0 Å². The largest absolute Gasteiger partial charge is 0.333 e. The Morgan fingerprint density at radius 1 is 1.12 bits per heavy atom. The second-order valence-corrected chi connectivity index (χ2v) is 6.90. The maximum Gasteiger partial charge on any atom is 0.254 e. The third kappa shape index (κ3) is 3.78. The SMILES string of the molecule is C[C@@H]1CC[C@H](CCc2ccc(F)cc2)N1C(=O)c1ccc(Cl)cc1. The number of hydrogen-bond donors (Lipinski definition) is 0. The van der Waals surface area contributed by atoms with Gasteiger partial charge in [0, 0.05) is 22.7 Å². The van der Waals surface area contributed by atoms with E-state index in [4.69, 9.17) is 11.6 Å². The van der Waals surface area contributed by atoms with E-state index >= 15 is 0 Å². The van der Waals surface area contributed by atoms with Crippen molar-refractivity contribution in [2.45, 2.75) is 44.7 Å². The van der Waals surface area contributed by atoms with Gasteiger partial charge in [0.05, 0.1) is 0 Å². The molecule has 0 saturated carbocycles. The van der Waals surface area contributed by atoms with E-state index in [2.05, 4.69) is 6.92 Å². The van der Waals surface area contributed by atoms with Gasteiger partial charge in [-0.05, 0) is 74.6 Å². The number of rotatable bonds is 4. The van der Waals surface area contributed by atoms with E-state index < -0.39 is 0 Å². The van der Waals surface area contributed by atoms with Gasteiger partial charge < -0.3 is 4.90 Å². The van der Waals surface area contributed by atoms with Crippen LogP contribution in [0.2, 0.25) is 5.02 Å².